The molecule has 26 heavy (non-hydrogen) atoms. The Balaban J connectivity index is 1.95. The quantitative estimate of drug-likeness (QED) is 0.769. The molecule has 9 heteroatoms. The summed E-state index contributed by atoms with van der Waals surface area (Å²) >= 11 is 5.85. The molecule has 0 radical (unpaired) electrons. The third-order valence-electron chi connectivity index (χ3n) is 3.44. The SMILES string of the molecule is CS(=O)(=O)c1cc(C(=O)NCCc2ccc(OC(F)F)cc2)ccc1Cl. The number of benzene rings is 2. The second kappa shape index (κ2) is 8.46. The number of carbonyl (C=O) groups is 1. The van der Waals surface area contributed by atoms with Crippen LogP contribution in [0.5, 0.6) is 5.75 Å². The van der Waals surface area contributed by atoms with Gasteiger partial charge in [0.2, 0.25) is 0 Å². The Morgan fingerprint density at radius 2 is 1.85 bits per heavy atom. The summed E-state index contributed by atoms with van der Waals surface area (Å²) in [6.45, 7) is -2.60. The van der Waals surface area contributed by atoms with Crippen LogP contribution in [0.25, 0.3) is 0 Å². The van der Waals surface area contributed by atoms with Crippen molar-refractivity contribution in [3.05, 3.63) is 58.6 Å². The molecule has 5 nitrogen and oxygen atoms in total. The largest absolute Gasteiger partial charge is 0.435 e. The van der Waals surface area contributed by atoms with Gasteiger partial charge >= 0.3 is 6.61 Å². The number of amides is 1. The van der Waals surface area contributed by atoms with Gasteiger partial charge in [0.05, 0.1) is 9.92 Å². The molecule has 0 atom stereocenters. The molecule has 0 saturated heterocycles. The molecular weight excluding hydrogens is 388 g/mol. The van der Waals surface area contributed by atoms with Gasteiger partial charge in [0, 0.05) is 18.4 Å². The van der Waals surface area contributed by atoms with Crippen molar-refractivity contribution in [3.63, 3.8) is 0 Å². The Hall–Kier alpha value is -2.19. The van der Waals surface area contributed by atoms with E-state index in [1.165, 1.54) is 30.3 Å². The number of sulfone groups is 1. The second-order valence-electron chi connectivity index (χ2n) is 5.45. The first-order valence-corrected chi connectivity index (χ1v) is 9.75. The zero-order valence-corrected chi connectivity index (χ0v) is 15.3. The minimum absolute atomic E-state index is 0.0511. The van der Waals surface area contributed by atoms with E-state index in [9.17, 15) is 22.0 Å². The van der Waals surface area contributed by atoms with Gasteiger partial charge in [-0.25, -0.2) is 8.42 Å². The van der Waals surface area contributed by atoms with Crippen LogP contribution in [0.15, 0.2) is 47.4 Å². The Labute approximate surface area is 154 Å². The van der Waals surface area contributed by atoms with E-state index in [1.807, 2.05) is 0 Å². The molecule has 140 valence electrons. The highest BCUT2D eigenvalue weighted by Crippen LogP contribution is 2.22. The molecule has 0 aliphatic rings. The van der Waals surface area contributed by atoms with E-state index in [0.717, 1.165) is 11.8 Å². The highest BCUT2D eigenvalue weighted by atomic mass is 35.5. The molecule has 0 bridgehead atoms. The summed E-state index contributed by atoms with van der Waals surface area (Å²) in [4.78, 5) is 12.0. The maximum Gasteiger partial charge on any atom is 0.387 e. The van der Waals surface area contributed by atoms with Crippen LogP contribution < -0.4 is 10.1 Å². The highest BCUT2D eigenvalue weighted by Gasteiger charge is 2.15. The zero-order chi connectivity index (χ0) is 19.3. The molecule has 1 amide bonds. The number of ether oxygens (including phenoxy) is 1. The molecular formula is C17H16ClF2NO4S. The van der Waals surface area contributed by atoms with Crippen molar-refractivity contribution in [1.82, 2.24) is 5.32 Å². The Morgan fingerprint density at radius 3 is 2.42 bits per heavy atom. The van der Waals surface area contributed by atoms with Crippen molar-refractivity contribution < 1.29 is 26.7 Å². The minimum Gasteiger partial charge on any atom is -0.435 e. The smallest absolute Gasteiger partial charge is 0.387 e. The summed E-state index contributed by atoms with van der Waals surface area (Å²) in [6.07, 6.45) is 1.48. The first-order valence-electron chi connectivity index (χ1n) is 7.48. The van der Waals surface area contributed by atoms with Crippen LogP contribution in [0.2, 0.25) is 5.02 Å². The Morgan fingerprint density at radius 1 is 1.19 bits per heavy atom. The lowest BCUT2D eigenvalue weighted by molar-refractivity contribution is -0.0498. The van der Waals surface area contributed by atoms with Gasteiger partial charge in [0.1, 0.15) is 5.75 Å². The van der Waals surface area contributed by atoms with Gasteiger partial charge < -0.3 is 10.1 Å². The van der Waals surface area contributed by atoms with Gasteiger partial charge in [0.25, 0.3) is 5.91 Å². The number of carbonyl (C=O) groups excluding carboxylic acids is 1. The zero-order valence-electron chi connectivity index (χ0n) is 13.7. The lowest BCUT2D eigenvalue weighted by atomic mass is 10.1. The summed E-state index contributed by atoms with van der Waals surface area (Å²) in [5.74, 6) is -0.383. The average Bonchev–Trinajstić information content (AvgIpc) is 2.55. The maximum atomic E-state index is 12.1. The molecule has 2 rings (SSSR count). The van der Waals surface area contributed by atoms with E-state index < -0.39 is 22.4 Å². The fourth-order valence-electron chi connectivity index (χ4n) is 2.19. The number of alkyl halides is 2. The lowest BCUT2D eigenvalue weighted by Crippen LogP contribution is -2.25. The van der Waals surface area contributed by atoms with Gasteiger partial charge in [-0.15, -0.1) is 0 Å². The van der Waals surface area contributed by atoms with Gasteiger partial charge in [-0.05, 0) is 42.3 Å². The van der Waals surface area contributed by atoms with E-state index in [0.29, 0.717) is 6.42 Å². The van der Waals surface area contributed by atoms with Crippen LogP contribution in [0.4, 0.5) is 8.78 Å². The average molecular weight is 404 g/mol. The second-order valence-corrected chi connectivity index (χ2v) is 7.84. The molecule has 2 aromatic rings. The molecule has 0 fully saturated rings. The first kappa shape index (κ1) is 20.1. The van der Waals surface area contributed by atoms with Crippen molar-refractivity contribution in [1.29, 1.82) is 0 Å². The van der Waals surface area contributed by atoms with Gasteiger partial charge in [-0.3, -0.25) is 4.79 Å². The number of hydrogen-bond acceptors (Lipinski definition) is 4. The monoisotopic (exact) mass is 403 g/mol. The van der Waals surface area contributed by atoms with Crippen LogP contribution in [0, 0.1) is 0 Å². The van der Waals surface area contributed by atoms with Gasteiger partial charge in [0.15, 0.2) is 9.84 Å². The molecule has 0 spiro atoms. The molecule has 0 unspecified atom stereocenters. The van der Waals surface area contributed by atoms with Gasteiger partial charge in [-0.2, -0.15) is 8.78 Å². The summed E-state index contributed by atoms with van der Waals surface area (Å²) < 4.78 is 51.7. The fourth-order valence-corrected chi connectivity index (χ4v) is 3.49. The van der Waals surface area contributed by atoms with E-state index in [-0.39, 0.29) is 27.8 Å². The van der Waals surface area contributed by atoms with Crippen LogP contribution in [-0.2, 0) is 16.3 Å². The Bertz CT molecular complexity index is 886. The predicted molar refractivity (Wildman–Crippen MR) is 93.7 cm³/mol. The Kier molecular flexibility index (Phi) is 6.55. The third kappa shape index (κ3) is 5.67. The topological polar surface area (TPSA) is 72.5 Å². The summed E-state index contributed by atoms with van der Waals surface area (Å²) in [7, 11) is -3.54. The van der Waals surface area contributed by atoms with E-state index >= 15 is 0 Å². The van der Waals surface area contributed by atoms with Crippen molar-refractivity contribution in [2.24, 2.45) is 0 Å². The number of rotatable bonds is 7. The third-order valence-corrected chi connectivity index (χ3v) is 5.02. The van der Waals surface area contributed by atoms with Crippen LogP contribution in [-0.4, -0.2) is 33.7 Å². The molecule has 0 aliphatic carbocycles. The summed E-state index contributed by atoms with van der Waals surface area (Å²) in [5, 5.41) is 2.72. The number of halogens is 3. The summed E-state index contributed by atoms with van der Waals surface area (Å²) in [6, 6.07) is 10.1. The lowest BCUT2D eigenvalue weighted by Gasteiger charge is -2.09. The molecule has 2 aromatic carbocycles. The first-order chi connectivity index (χ1) is 12.2. The number of hydrogen-bond donors (Lipinski definition) is 1. The van der Waals surface area contributed by atoms with E-state index in [1.54, 1.807) is 12.1 Å². The molecule has 0 aromatic heterocycles. The van der Waals surface area contributed by atoms with Crippen LogP contribution in [0.1, 0.15) is 15.9 Å². The van der Waals surface area contributed by atoms with Crippen LogP contribution in [0.3, 0.4) is 0 Å². The van der Waals surface area contributed by atoms with Crippen molar-refractivity contribution in [2.45, 2.75) is 17.9 Å². The van der Waals surface area contributed by atoms with Crippen LogP contribution >= 0.6 is 11.6 Å². The van der Waals surface area contributed by atoms with Crippen molar-refractivity contribution in [2.75, 3.05) is 12.8 Å². The number of nitrogens with one attached hydrogen (secondary N) is 1. The fraction of sp³-hybridized carbons (Fsp3) is 0.235. The standard InChI is InChI=1S/C17H16ClF2NO4S/c1-26(23,24)15-10-12(4-7-14(15)18)16(22)21-9-8-11-2-5-13(6-3-11)25-17(19)20/h2-7,10,17H,8-9H2,1H3,(H,21,22). The van der Waals surface area contributed by atoms with Gasteiger partial charge in [-0.1, -0.05) is 23.7 Å². The normalized spacial score (nSPS) is 11.4. The van der Waals surface area contributed by atoms with E-state index in [2.05, 4.69) is 10.1 Å². The molecule has 0 heterocycles. The molecule has 1 N–H and O–H groups in total. The van der Waals surface area contributed by atoms with Crippen molar-refractivity contribution in [3.8, 4) is 5.75 Å². The molecule has 0 aliphatic heterocycles. The minimum atomic E-state index is -3.54. The molecule has 0 saturated carbocycles. The van der Waals surface area contributed by atoms with E-state index in [4.69, 9.17) is 11.6 Å². The maximum absolute atomic E-state index is 12.1. The summed E-state index contributed by atoms with van der Waals surface area (Å²) in [5.41, 5.74) is 0.996. The van der Waals surface area contributed by atoms with Crippen molar-refractivity contribution >= 4 is 27.3 Å². The highest BCUT2D eigenvalue weighted by molar-refractivity contribution is 7.90. The predicted octanol–water partition coefficient (Wildman–Crippen LogP) is 3.32.